The van der Waals surface area contributed by atoms with Gasteiger partial charge in [-0.15, -0.1) is 0 Å². The number of rotatable bonds is 6. The molecule has 2 aromatic rings. The van der Waals surface area contributed by atoms with Crippen LogP contribution in [0.15, 0.2) is 24.3 Å². The summed E-state index contributed by atoms with van der Waals surface area (Å²) in [6.07, 6.45) is 0.317. The van der Waals surface area contributed by atoms with Crippen LogP contribution >= 0.6 is 0 Å². The van der Waals surface area contributed by atoms with Gasteiger partial charge in [-0.25, -0.2) is 9.97 Å². The van der Waals surface area contributed by atoms with Crippen LogP contribution in [0.2, 0.25) is 0 Å². The Bertz CT molecular complexity index is 729. The standard InChI is InChI=1S/C18H24N4O2/c1-12-8-14(6-7-15(12)24-5)10-18(23)19-11-16-20-13(2)9-17(21-16)22(3)4/h6-9H,10-11H2,1-5H3,(H,19,23). The molecule has 1 amide bonds. The van der Waals surface area contributed by atoms with Gasteiger partial charge in [0.15, 0.2) is 0 Å². The van der Waals surface area contributed by atoms with Crippen molar-refractivity contribution < 1.29 is 9.53 Å². The van der Waals surface area contributed by atoms with Crippen molar-refractivity contribution in [2.75, 3.05) is 26.1 Å². The zero-order chi connectivity index (χ0) is 17.7. The van der Waals surface area contributed by atoms with Gasteiger partial charge < -0.3 is 15.0 Å². The van der Waals surface area contributed by atoms with Crippen molar-refractivity contribution in [3.8, 4) is 5.75 Å². The molecule has 2 rings (SSSR count). The van der Waals surface area contributed by atoms with Crippen LogP contribution in [0.1, 0.15) is 22.6 Å². The Labute approximate surface area is 142 Å². The number of nitrogens with one attached hydrogen (secondary N) is 1. The van der Waals surface area contributed by atoms with E-state index in [-0.39, 0.29) is 5.91 Å². The van der Waals surface area contributed by atoms with Gasteiger partial charge in [-0.05, 0) is 31.0 Å². The maximum atomic E-state index is 12.1. The van der Waals surface area contributed by atoms with Crippen molar-refractivity contribution in [2.45, 2.75) is 26.8 Å². The molecule has 1 heterocycles. The molecule has 0 radical (unpaired) electrons. The topological polar surface area (TPSA) is 67.3 Å². The molecule has 6 heteroatoms. The molecule has 128 valence electrons. The minimum atomic E-state index is -0.0592. The van der Waals surface area contributed by atoms with Crippen LogP contribution in [0.3, 0.4) is 0 Å². The number of carbonyl (C=O) groups excluding carboxylic acids is 1. The second-order valence-corrected chi connectivity index (χ2v) is 5.94. The average molecular weight is 328 g/mol. The molecule has 6 nitrogen and oxygen atoms in total. The molecule has 0 aliphatic carbocycles. The first-order chi connectivity index (χ1) is 11.4. The maximum Gasteiger partial charge on any atom is 0.224 e. The highest BCUT2D eigenvalue weighted by molar-refractivity contribution is 5.78. The van der Waals surface area contributed by atoms with E-state index in [9.17, 15) is 4.79 Å². The van der Waals surface area contributed by atoms with Crippen molar-refractivity contribution in [3.63, 3.8) is 0 Å². The number of ether oxygens (including phenoxy) is 1. The highest BCUT2D eigenvalue weighted by Gasteiger charge is 2.08. The third-order valence-corrected chi connectivity index (χ3v) is 3.61. The Morgan fingerprint density at radius 1 is 1.21 bits per heavy atom. The molecule has 0 saturated carbocycles. The molecule has 0 aliphatic rings. The lowest BCUT2D eigenvalue weighted by Crippen LogP contribution is -2.26. The lowest BCUT2D eigenvalue weighted by molar-refractivity contribution is -0.120. The van der Waals surface area contributed by atoms with Crippen LogP contribution in [0.4, 0.5) is 5.82 Å². The first-order valence-corrected chi connectivity index (χ1v) is 7.81. The fourth-order valence-corrected chi connectivity index (χ4v) is 2.40. The second kappa shape index (κ2) is 7.77. The predicted molar refractivity (Wildman–Crippen MR) is 94.4 cm³/mol. The van der Waals surface area contributed by atoms with E-state index in [1.165, 1.54) is 0 Å². The van der Waals surface area contributed by atoms with Gasteiger partial charge in [0.2, 0.25) is 5.91 Å². The zero-order valence-corrected chi connectivity index (χ0v) is 14.9. The Morgan fingerprint density at radius 2 is 1.96 bits per heavy atom. The van der Waals surface area contributed by atoms with Crippen LogP contribution in [-0.4, -0.2) is 37.1 Å². The van der Waals surface area contributed by atoms with Gasteiger partial charge >= 0.3 is 0 Å². The van der Waals surface area contributed by atoms with Gasteiger partial charge in [0.25, 0.3) is 0 Å². The summed E-state index contributed by atoms with van der Waals surface area (Å²) in [6.45, 7) is 4.19. The SMILES string of the molecule is COc1ccc(CC(=O)NCc2nc(C)cc(N(C)C)n2)cc1C. The van der Waals surface area contributed by atoms with Crippen molar-refractivity contribution in [2.24, 2.45) is 0 Å². The molecule has 0 aliphatic heterocycles. The van der Waals surface area contributed by atoms with Crippen molar-refractivity contribution >= 4 is 11.7 Å². The largest absolute Gasteiger partial charge is 0.496 e. The minimum absolute atomic E-state index is 0.0592. The summed E-state index contributed by atoms with van der Waals surface area (Å²) >= 11 is 0. The molecular weight excluding hydrogens is 304 g/mol. The Hall–Kier alpha value is -2.63. The van der Waals surface area contributed by atoms with E-state index in [0.29, 0.717) is 18.8 Å². The first kappa shape index (κ1) is 17.7. The number of amides is 1. The summed E-state index contributed by atoms with van der Waals surface area (Å²) < 4.78 is 5.23. The van der Waals surface area contributed by atoms with Gasteiger partial charge in [-0.1, -0.05) is 12.1 Å². The predicted octanol–water partition coefficient (Wildman–Crippen LogP) is 2.03. The Morgan fingerprint density at radius 3 is 2.58 bits per heavy atom. The average Bonchev–Trinajstić information content (AvgIpc) is 2.52. The quantitative estimate of drug-likeness (QED) is 0.879. The number of nitrogens with zero attached hydrogens (tertiary/aromatic N) is 3. The van der Waals surface area contributed by atoms with E-state index in [0.717, 1.165) is 28.4 Å². The maximum absolute atomic E-state index is 12.1. The molecule has 0 saturated heterocycles. The van der Waals surface area contributed by atoms with E-state index in [1.807, 2.05) is 57.1 Å². The van der Waals surface area contributed by atoms with Gasteiger partial charge in [0, 0.05) is 25.9 Å². The summed E-state index contributed by atoms with van der Waals surface area (Å²) in [6, 6.07) is 7.65. The number of aromatic nitrogens is 2. The van der Waals surface area contributed by atoms with Crippen molar-refractivity contribution in [1.29, 1.82) is 0 Å². The normalized spacial score (nSPS) is 10.4. The zero-order valence-electron chi connectivity index (χ0n) is 14.9. The summed E-state index contributed by atoms with van der Waals surface area (Å²) in [4.78, 5) is 22.9. The number of carbonyl (C=O) groups is 1. The van der Waals surface area contributed by atoms with Crippen LogP contribution in [0.5, 0.6) is 5.75 Å². The summed E-state index contributed by atoms with van der Waals surface area (Å²) in [5, 5.41) is 2.88. The van der Waals surface area contributed by atoms with E-state index < -0.39 is 0 Å². The van der Waals surface area contributed by atoms with Crippen LogP contribution in [0.25, 0.3) is 0 Å². The number of hydrogen-bond donors (Lipinski definition) is 1. The van der Waals surface area contributed by atoms with Gasteiger partial charge in [-0.2, -0.15) is 0 Å². The fourth-order valence-electron chi connectivity index (χ4n) is 2.40. The molecule has 0 spiro atoms. The molecule has 1 aromatic heterocycles. The molecular formula is C18H24N4O2. The lowest BCUT2D eigenvalue weighted by atomic mass is 10.1. The molecule has 0 bridgehead atoms. The number of aryl methyl sites for hydroxylation is 2. The van der Waals surface area contributed by atoms with E-state index in [4.69, 9.17) is 4.74 Å². The van der Waals surface area contributed by atoms with Gasteiger partial charge in [0.05, 0.1) is 20.1 Å². The fraction of sp³-hybridized carbons (Fsp3) is 0.389. The summed E-state index contributed by atoms with van der Waals surface area (Å²) in [5.74, 6) is 2.20. The lowest BCUT2D eigenvalue weighted by Gasteiger charge is -2.13. The van der Waals surface area contributed by atoms with Crippen molar-refractivity contribution in [1.82, 2.24) is 15.3 Å². The molecule has 0 atom stereocenters. The monoisotopic (exact) mass is 328 g/mol. The van der Waals surface area contributed by atoms with E-state index in [1.54, 1.807) is 7.11 Å². The van der Waals surface area contributed by atoms with Crippen LogP contribution < -0.4 is 15.0 Å². The van der Waals surface area contributed by atoms with E-state index >= 15 is 0 Å². The number of benzene rings is 1. The summed E-state index contributed by atoms with van der Waals surface area (Å²) in [5.41, 5.74) is 2.84. The van der Waals surface area contributed by atoms with E-state index in [2.05, 4.69) is 15.3 Å². The molecule has 1 N–H and O–H groups in total. The number of methoxy groups -OCH3 is 1. The first-order valence-electron chi connectivity index (χ1n) is 7.81. The second-order valence-electron chi connectivity index (χ2n) is 5.94. The van der Waals surface area contributed by atoms with Crippen LogP contribution in [0, 0.1) is 13.8 Å². The smallest absolute Gasteiger partial charge is 0.224 e. The molecule has 0 unspecified atom stereocenters. The van der Waals surface area contributed by atoms with Gasteiger partial charge in [-0.3, -0.25) is 4.79 Å². The highest BCUT2D eigenvalue weighted by atomic mass is 16.5. The third-order valence-electron chi connectivity index (χ3n) is 3.61. The molecule has 24 heavy (non-hydrogen) atoms. The Kier molecular flexibility index (Phi) is 5.73. The number of anilines is 1. The summed E-state index contributed by atoms with van der Waals surface area (Å²) in [7, 11) is 5.49. The highest BCUT2D eigenvalue weighted by Crippen LogP contribution is 2.18. The minimum Gasteiger partial charge on any atom is -0.496 e. The van der Waals surface area contributed by atoms with Gasteiger partial charge in [0.1, 0.15) is 17.4 Å². The van der Waals surface area contributed by atoms with Crippen molar-refractivity contribution in [3.05, 3.63) is 46.9 Å². The third kappa shape index (κ3) is 4.68. The Balaban J connectivity index is 1.97. The number of hydrogen-bond acceptors (Lipinski definition) is 5. The molecule has 1 aromatic carbocycles. The molecule has 0 fully saturated rings. The van der Waals surface area contributed by atoms with Crippen LogP contribution in [-0.2, 0) is 17.8 Å².